The second-order valence-corrected chi connectivity index (χ2v) is 7.25. The predicted molar refractivity (Wildman–Crippen MR) is 67.5 cm³/mol. The second kappa shape index (κ2) is 3.24. The third-order valence-corrected chi connectivity index (χ3v) is 4.31. The summed E-state index contributed by atoms with van der Waals surface area (Å²) >= 11 is 0. The lowest BCUT2D eigenvalue weighted by Crippen LogP contribution is -2.24. The summed E-state index contributed by atoms with van der Waals surface area (Å²) in [4.78, 5) is 0. The molecule has 0 aromatic carbocycles. The molecular weight excluding hydrogens is 188 g/mol. The van der Waals surface area contributed by atoms with Crippen molar-refractivity contribution in [1.29, 1.82) is 0 Å². The first-order chi connectivity index (χ1) is 13.2. The van der Waals surface area contributed by atoms with E-state index < -0.39 is 71.8 Å². The molecule has 13 heavy (non-hydrogen) atoms. The highest BCUT2D eigenvalue weighted by molar-refractivity contribution is 6.86. The SMILES string of the molecule is [2H]C([2H])([2H])[Si](C1=CCC([Si](C([2H])([2H])[2H])(C([2H])([2H])[2H])C([2H])([2H])[2H])=C1)(C([2H])([2H])[2H])C([2H])([2H])[2H]. The molecule has 1 aliphatic rings. The third kappa shape index (κ3) is 2.68. The van der Waals surface area contributed by atoms with Crippen LogP contribution >= 0.6 is 0 Å². The van der Waals surface area contributed by atoms with Gasteiger partial charge in [0.15, 0.2) is 0 Å². The van der Waals surface area contributed by atoms with Gasteiger partial charge in [-0.05, 0) is 6.42 Å². The van der Waals surface area contributed by atoms with E-state index in [1.165, 1.54) is 0 Å². The minimum atomic E-state index is -5.51. The van der Waals surface area contributed by atoms with Gasteiger partial charge in [-0.15, -0.1) is 0 Å². The Labute approximate surface area is 110 Å². The van der Waals surface area contributed by atoms with Crippen LogP contribution in [0.1, 0.15) is 31.1 Å². The molecular formula is C11H22Si2. The van der Waals surface area contributed by atoms with Gasteiger partial charge in [0.1, 0.15) is 0 Å². The van der Waals surface area contributed by atoms with E-state index in [4.69, 9.17) is 24.7 Å². The maximum Gasteiger partial charge on any atom is 0.0771 e. The fourth-order valence-corrected chi connectivity index (χ4v) is 2.77. The van der Waals surface area contributed by atoms with E-state index >= 15 is 0 Å². The molecule has 0 amide bonds. The molecule has 0 saturated carbocycles. The first kappa shape index (κ1) is 1.92. The Kier molecular flexibility index (Phi) is 0.479. The average Bonchev–Trinajstić information content (AvgIpc) is 2.77. The summed E-state index contributed by atoms with van der Waals surface area (Å²) in [7, 11) is -11.0. The Hall–Kier alpha value is -0.0862. The summed E-state index contributed by atoms with van der Waals surface area (Å²) in [6, 6.07) is 0. The standard InChI is InChI=1S/C11H22Si2/c1-12(2,3)10-7-8-11(9-10)13(4,5)6/h7,9H,8H2,1-6H3/i1D3,2D3,3D3,4D3,5D3,6D3. The smallest absolute Gasteiger partial charge is 0.0771 e. The Morgan fingerprint density at radius 1 is 1.08 bits per heavy atom. The van der Waals surface area contributed by atoms with Gasteiger partial charge < -0.3 is 0 Å². The molecule has 0 aromatic heterocycles. The van der Waals surface area contributed by atoms with E-state index in [1.807, 2.05) is 0 Å². The average molecular weight is 229 g/mol. The lowest BCUT2D eigenvalue weighted by atomic mass is 10.5. The third-order valence-electron chi connectivity index (χ3n) is 1.79. The van der Waals surface area contributed by atoms with Gasteiger partial charge in [0.05, 0.1) is 16.1 Å². The van der Waals surface area contributed by atoms with Crippen LogP contribution in [-0.2, 0) is 0 Å². The van der Waals surface area contributed by atoms with E-state index in [1.54, 1.807) is 0 Å². The first-order valence-electron chi connectivity index (χ1n) is 12.6. The van der Waals surface area contributed by atoms with Crippen molar-refractivity contribution in [3.8, 4) is 0 Å². The van der Waals surface area contributed by atoms with E-state index in [0.29, 0.717) is 6.08 Å². The van der Waals surface area contributed by atoms with Crippen molar-refractivity contribution in [2.75, 3.05) is 0 Å². The van der Waals surface area contributed by atoms with Gasteiger partial charge in [-0.25, -0.2) is 0 Å². The van der Waals surface area contributed by atoms with Crippen molar-refractivity contribution >= 4 is 16.1 Å². The second-order valence-electron chi connectivity index (χ2n) is 3.03. The highest BCUT2D eigenvalue weighted by Gasteiger charge is 2.26. The maximum absolute atomic E-state index is 7.79. The Morgan fingerprint density at radius 2 is 1.69 bits per heavy atom. The number of rotatable bonds is 2. The number of hydrogen-bond donors (Lipinski definition) is 0. The maximum atomic E-state index is 7.79. The van der Waals surface area contributed by atoms with E-state index in [-0.39, 0.29) is 0 Å². The Balaban J connectivity index is 4.07. The van der Waals surface area contributed by atoms with Crippen molar-refractivity contribution in [3.05, 3.63) is 22.5 Å². The summed E-state index contributed by atoms with van der Waals surface area (Å²) in [5, 5.41) is -1.32. The van der Waals surface area contributed by atoms with Crippen molar-refractivity contribution in [3.63, 3.8) is 0 Å². The minimum Gasteiger partial charge on any atom is -0.0816 e. The van der Waals surface area contributed by atoms with Gasteiger partial charge in [-0.2, -0.15) is 0 Å². The van der Waals surface area contributed by atoms with Crippen molar-refractivity contribution in [2.24, 2.45) is 0 Å². The first-order valence-corrected chi connectivity index (χ1v) is 7.63. The molecule has 0 unspecified atom stereocenters. The van der Waals surface area contributed by atoms with E-state index in [0.717, 1.165) is 6.08 Å². The van der Waals surface area contributed by atoms with Gasteiger partial charge >= 0.3 is 0 Å². The molecule has 0 saturated heterocycles. The van der Waals surface area contributed by atoms with Crippen LogP contribution in [0.3, 0.4) is 0 Å². The number of allylic oxidation sites excluding steroid dienone is 4. The monoisotopic (exact) mass is 228 g/mol. The van der Waals surface area contributed by atoms with Gasteiger partial charge in [0, 0.05) is 24.7 Å². The van der Waals surface area contributed by atoms with Crippen LogP contribution in [0.15, 0.2) is 22.5 Å². The molecule has 0 aromatic rings. The van der Waals surface area contributed by atoms with Crippen LogP contribution in [-0.4, -0.2) is 16.1 Å². The molecule has 74 valence electrons. The quantitative estimate of drug-likeness (QED) is 0.627. The summed E-state index contributed by atoms with van der Waals surface area (Å²) < 4.78 is 140. The van der Waals surface area contributed by atoms with Gasteiger partial charge in [-0.3, -0.25) is 0 Å². The van der Waals surface area contributed by atoms with Gasteiger partial charge in [-0.1, -0.05) is 61.4 Å². The van der Waals surface area contributed by atoms with Crippen LogP contribution < -0.4 is 0 Å². The molecule has 0 nitrogen and oxygen atoms in total. The summed E-state index contributed by atoms with van der Waals surface area (Å²) in [5.41, 5.74) is 0. The molecule has 0 atom stereocenters. The zero-order valence-corrected chi connectivity index (χ0v) is 8.86. The Morgan fingerprint density at radius 3 is 2.23 bits per heavy atom. The predicted octanol–water partition coefficient (Wildman–Crippen LogP) is 4.00. The molecule has 0 N–H and O–H groups in total. The van der Waals surface area contributed by atoms with Crippen molar-refractivity contribution in [2.45, 2.75) is 45.3 Å². The molecule has 0 radical (unpaired) electrons. The number of hydrogen-bond acceptors (Lipinski definition) is 0. The summed E-state index contributed by atoms with van der Waals surface area (Å²) in [6.45, 7) is -21.0. The fourth-order valence-electron chi connectivity index (χ4n) is 1.05. The van der Waals surface area contributed by atoms with E-state index in [9.17, 15) is 0 Å². The molecule has 0 fully saturated rings. The highest BCUT2D eigenvalue weighted by atomic mass is 28.3. The van der Waals surface area contributed by atoms with Crippen LogP contribution in [0.25, 0.3) is 0 Å². The Bertz CT molecular complexity index is 676. The lowest BCUT2D eigenvalue weighted by molar-refractivity contribution is 1.35. The zero-order valence-electron chi connectivity index (χ0n) is 24.9. The van der Waals surface area contributed by atoms with Crippen LogP contribution in [0.4, 0.5) is 0 Å². The molecule has 2 heteroatoms. The van der Waals surface area contributed by atoms with Crippen LogP contribution in [0.5, 0.6) is 0 Å². The normalized spacial score (nSPS) is 44.9. The van der Waals surface area contributed by atoms with Crippen LogP contribution in [0.2, 0.25) is 38.9 Å². The van der Waals surface area contributed by atoms with Crippen molar-refractivity contribution in [1.82, 2.24) is 0 Å². The highest BCUT2D eigenvalue weighted by Crippen LogP contribution is 2.30. The molecule has 0 bridgehead atoms. The molecule has 0 heterocycles. The molecule has 0 aliphatic heterocycles. The minimum absolute atomic E-state index is 0.628. The van der Waals surface area contributed by atoms with Crippen LogP contribution in [0, 0.1) is 0 Å². The van der Waals surface area contributed by atoms with Gasteiger partial charge in [0.25, 0.3) is 0 Å². The van der Waals surface area contributed by atoms with Gasteiger partial charge in [0.2, 0.25) is 0 Å². The molecule has 0 spiro atoms. The fraction of sp³-hybridized carbons (Fsp3) is 0.636. The lowest BCUT2D eigenvalue weighted by Gasteiger charge is -2.19. The van der Waals surface area contributed by atoms with Crippen molar-refractivity contribution < 1.29 is 24.7 Å². The molecule has 1 aliphatic carbocycles. The molecule has 1 rings (SSSR count). The topological polar surface area (TPSA) is 0 Å². The summed E-state index contributed by atoms with van der Waals surface area (Å²) in [5.74, 6) is 0. The largest absolute Gasteiger partial charge is 0.0816 e. The summed E-state index contributed by atoms with van der Waals surface area (Å²) in [6.07, 6.45) is 0.847. The van der Waals surface area contributed by atoms with E-state index in [2.05, 4.69) is 0 Å². The zero-order chi connectivity index (χ0) is 25.3.